The molecule has 1 aliphatic rings. The van der Waals surface area contributed by atoms with E-state index in [0.29, 0.717) is 24.3 Å². The van der Waals surface area contributed by atoms with Gasteiger partial charge in [-0.1, -0.05) is 11.6 Å². The van der Waals surface area contributed by atoms with Crippen molar-refractivity contribution < 1.29 is 19.7 Å². The lowest BCUT2D eigenvalue weighted by molar-refractivity contribution is 0.0664. The summed E-state index contributed by atoms with van der Waals surface area (Å²) in [5.41, 5.74) is 1.67. The van der Waals surface area contributed by atoms with E-state index in [-0.39, 0.29) is 25.1 Å². The first-order valence-corrected chi connectivity index (χ1v) is 7.47. The first-order valence-electron chi connectivity index (χ1n) is 7.47. The molecular formula is C17H23NO4. The van der Waals surface area contributed by atoms with Crippen LogP contribution in [-0.4, -0.2) is 52.9 Å². The van der Waals surface area contributed by atoms with E-state index < -0.39 is 6.10 Å². The van der Waals surface area contributed by atoms with Gasteiger partial charge in [-0.15, -0.1) is 0 Å². The van der Waals surface area contributed by atoms with Crippen molar-refractivity contribution in [2.24, 2.45) is 0 Å². The molecule has 0 radical (unpaired) electrons. The van der Waals surface area contributed by atoms with Crippen molar-refractivity contribution in [1.29, 1.82) is 0 Å². The predicted octanol–water partition coefficient (Wildman–Crippen LogP) is 1.60. The number of allylic oxidation sites excluding steroid dienone is 1. The molecule has 0 saturated carbocycles. The monoisotopic (exact) mass is 305 g/mol. The molecule has 22 heavy (non-hydrogen) atoms. The number of aliphatic hydroxyl groups is 2. The van der Waals surface area contributed by atoms with E-state index in [9.17, 15) is 15.0 Å². The largest absolute Gasteiger partial charge is 0.490 e. The van der Waals surface area contributed by atoms with Crippen LogP contribution >= 0.6 is 0 Å². The molecule has 0 aromatic heterocycles. The molecule has 5 heteroatoms. The minimum absolute atomic E-state index is 0.139. The molecule has 120 valence electrons. The number of carbonyl (C=O) groups excluding carboxylic acids is 1. The molecule has 2 N–H and O–H groups in total. The van der Waals surface area contributed by atoms with Crippen LogP contribution in [0.3, 0.4) is 0 Å². The smallest absolute Gasteiger partial charge is 0.254 e. The average molecular weight is 305 g/mol. The summed E-state index contributed by atoms with van der Waals surface area (Å²) in [4.78, 5) is 14.1. The molecule has 1 fully saturated rings. The number of hydrogen-bond acceptors (Lipinski definition) is 4. The molecule has 1 aliphatic heterocycles. The van der Waals surface area contributed by atoms with Gasteiger partial charge in [0.05, 0.1) is 18.8 Å². The summed E-state index contributed by atoms with van der Waals surface area (Å²) in [6.45, 7) is 4.57. The maximum Gasteiger partial charge on any atom is 0.254 e. The molecular weight excluding hydrogens is 282 g/mol. The molecule has 0 spiro atoms. The number of rotatable bonds is 5. The molecule has 5 nitrogen and oxygen atoms in total. The summed E-state index contributed by atoms with van der Waals surface area (Å²) in [5, 5.41) is 19.0. The lowest BCUT2D eigenvalue weighted by Crippen LogP contribution is -2.37. The Hall–Kier alpha value is -1.85. The first-order chi connectivity index (χ1) is 10.5. The van der Waals surface area contributed by atoms with E-state index in [1.165, 1.54) is 10.5 Å². The number of likely N-dealkylation sites (tertiary alicyclic amines) is 1. The first kappa shape index (κ1) is 16.5. The Morgan fingerprint density at radius 2 is 2.23 bits per heavy atom. The van der Waals surface area contributed by atoms with Gasteiger partial charge in [0, 0.05) is 12.1 Å². The summed E-state index contributed by atoms with van der Waals surface area (Å²) in [5.74, 6) is 0.437. The van der Waals surface area contributed by atoms with Crippen molar-refractivity contribution in [2.45, 2.75) is 32.4 Å². The van der Waals surface area contributed by atoms with E-state index >= 15 is 0 Å². The fourth-order valence-electron chi connectivity index (χ4n) is 2.50. The minimum atomic E-state index is -0.571. The van der Waals surface area contributed by atoms with E-state index in [4.69, 9.17) is 4.74 Å². The van der Waals surface area contributed by atoms with Crippen molar-refractivity contribution in [1.82, 2.24) is 4.90 Å². The molecule has 2 rings (SSSR count). The van der Waals surface area contributed by atoms with Crippen LogP contribution in [0.4, 0.5) is 0 Å². The summed E-state index contributed by atoms with van der Waals surface area (Å²) >= 11 is 0. The third-order valence-electron chi connectivity index (χ3n) is 3.69. The molecule has 0 unspecified atom stereocenters. The van der Waals surface area contributed by atoms with Crippen molar-refractivity contribution >= 4 is 5.91 Å². The lowest BCUT2D eigenvalue weighted by Gasteiger charge is -2.22. The number of nitrogens with zero attached hydrogens (tertiary/aromatic N) is 1. The van der Waals surface area contributed by atoms with Crippen LogP contribution in [0.15, 0.2) is 35.9 Å². The van der Waals surface area contributed by atoms with Gasteiger partial charge < -0.3 is 19.8 Å². The van der Waals surface area contributed by atoms with Gasteiger partial charge in [-0.25, -0.2) is 0 Å². The fourth-order valence-corrected chi connectivity index (χ4v) is 2.50. The Kier molecular flexibility index (Phi) is 5.57. The van der Waals surface area contributed by atoms with Crippen LogP contribution < -0.4 is 4.74 Å². The molecule has 2 atom stereocenters. The second-order valence-corrected chi connectivity index (χ2v) is 5.80. The SMILES string of the molecule is CC(C)=CCOc1cccc(C(=O)N2C[C@H](O)C[C@H]2CO)c1. The van der Waals surface area contributed by atoms with Crippen LogP contribution in [-0.2, 0) is 0 Å². The lowest BCUT2D eigenvalue weighted by atomic mass is 10.1. The summed E-state index contributed by atoms with van der Waals surface area (Å²) < 4.78 is 5.60. The highest BCUT2D eigenvalue weighted by atomic mass is 16.5. The second-order valence-electron chi connectivity index (χ2n) is 5.80. The molecule has 0 bridgehead atoms. The number of carbonyl (C=O) groups is 1. The zero-order chi connectivity index (χ0) is 16.1. The van der Waals surface area contributed by atoms with E-state index in [0.717, 1.165) is 0 Å². The molecule has 1 aromatic carbocycles. The molecule has 1 heterocycles. The highest BCUT2D eigenvalue weighted by Gasteiger charge is 2.34. The van der Waals surface area contributed by atoms with Crippen LogP contribution in [0.5, 0.6) is 5.75 Å². The van der Waals surface area contributed by atoms with E-state index in [2.05, 4.69) is 0 Å². The van der Waals surface area contributed by atoms with Gasteiger partial charge in [-0.2, -0.15) is 0 Å². The van der Waals surface area contributed by atoms with Gasteiger partial charge in [0.25, 0.3) is 5.91 Å². The number of aliphatic hydroxyl groups excluding tert-OH is 2. The molecule has 1 aromatic rings. The summed E-state index contributed by atoms with van der Waals surface area (Å²) in [6, 6.07) is 6.66. The molecule has 1 saturated heterocycles. The van der Waals surface area contributed by atoms with E-state index in [1.54, 1.807) is 24.3 Å². The maximum atomic E-state index is 12.5. The maximum absolute atomic E-state index is 12.5. The zero-order valence-corrected chi connectivity index (χ0v) is 13.0. The number of ether oxygens (including phenoxy) is 1. The highest BCUT2D eigenvalue weighted by Crippen LogP contribution is 2.22. The van der Waals surface area contributed by atoms with Crippen LogP contribution in [0.1, 0.15) is 30.6 Å². The van der Waals surface area contributed by atoms with Gasteiger partial charge in [-0.05, 0) is 44.5 Å². The minimum Gasteiger partial charge on any atom is -0.490 e. The average Bonchev–Trinajstić information content (AvgIpc) is 2.87. The Bertz CT molecular complexity index is 551. The van der Waals surface area contributed by atoms with Crippen LogP contribution in [0, 0.1) is 0 Å². The van der Waals surface area contributed by atoms with Crippen molar-refractivity contribution in [3.8, 4) is 5.75 Å². The van der Waals surface area contributed by atoms with Gasteiger partial charge in [-0.3, -0.25) is 4.79 Å². The predicted molar refractivity (Wildman–Crippen MR) is 83.9 cm³/mol. The third kappa shape index (κ3) is 4.08. The highest BCUT2D eigenvalue weighted by molar-refractivity contribution is 5.95. The van der Waals surface area contributed by atoms with Gasteiger partial charge >= 0.3 is 0 Å². The van der Waals surface area contributed by atoms with Crippen molar-refractivity contribution in [3.05, 3.63) is 41.5 Å². The fraction of sp³-hybridized carbons (Fsp3) is 0.471. The van der Waals surface area contributed by atoms with Crippen LogP contribution in [0.2, 0.25) is 0 Å². The van der Waals surface area contributed by atoms with Gasteiger partial charge in [0.15, 0.2) is 0 Å². The number of hydrogen-bond donors (Lipinski definition) is 2. The summed E-state index contributed by atoms with van der Waals surface area (Å²) in [7, 11) is 0. The third-order valence-corrected chi connectivity index (χ3v) is 3.69. The second kappa shape index (κ2) is 7.42. The number of benzene rings is 1. The standard InChI is InChI=1S/C17H23NO4/c1-12(2)6-7-22-16-5-3-4-13(8-16)17(21)18-10-15(20)9-14(18)11-19/h3-6,8,14-15,19-20H,7,9-11H2,1-2H3/t14-,15+/m0/s1. The van der Waals surface area contributed by atoms with E-state index in [1.807, 2.05) is 19.9 Å². The normalized spacial score (nSPS) is 20.8. The quantitative estimate of drug-likeness (QED) is 0.811. The van der Waals surface area contributed by atoms with Crippen molar-refractivity contribution in [3.63, 3.8) is 0 Å². The Morgan fingerprint density at radius 1 is 1.45 bits per heavy atom. The molecule has 1 amide bonds. The van der Waals surface area contributed by atoms with Gasteiger partial charge in [0.1, 0.15) is 12.4 Å². The topological polar surface area (TPSA) is 70.0 Å². The van der Waals surface area contributed by atoms with Gasteiger partial charge in [0.2, 0.25) is 0 Å². The zero-order valence-electron chi connectivity index (χ0n) is 13.0. The van der Waals surface area contributed by atoms with Crippen molar-refractivity contribution in [2.75, 3.05) is 19.8 Å². The Labute approximate surface area is 130 Å². The Balaban J connectivity index is 2.08. The summed E-state index contributed by atoms with van der Waals surface area (Å²) in [6.07, 6.45) is 1.81. The Morgan fingerprint density at radius 3 is 2.91 bits per heavy atom. The van der Waals surface area contributed by atoms with Crippen LogP contribution in [0.25, 0.3) is 0 Å². The molecule has 0 aliphatic carbocycles. The number of β-amino-alcohol motifs (C(OH)–C–C–N with tert-alkyl or cyclic N) is 1. The number of amides is 1.